The van der Waals surface area contributed by atoms with E-state index in [1.807, 2.05) is 26.2 Å². The molecule has 0 aromatic rings. The molecule has 0 spiro atoms. The molecule has 0 amide bonds. The van der Waals surface area contributed by atoms with E-state index in [-0.39, 0.29) is 12.8 Å². The molecule has 0 aliphatic carbocycles. The highest BCUT2D eigenvalue weighted by Crippen LogP contribution is 2.25. The van der Waals surface area contributed by atoms with Crippen molar-refractivity contribution in [3.63, 3.8) is 0 Å². The summed E-state index contributed by atoms with van der Waals surface area (Å²) in [6.45, 7) is 8.07. The summed E-state index contributed by atoms with van der Waals surface area (Å²) >= 11 is 0. The van der Waals surface area contributed by atoms with Crippen molar-refractivity contribution in [2.45, 2.75) is 51.1 Å². The fourth-order valence-electron chi connectivity index (χ4n) is 1.71. The molecule has 7 heteroatoms. The van der Waals surface area contributed by atoms with Crippen LogP contribution in [0.25, 0.3) is 0 Å². The van der Waals surface area contributed by atoms with Gasteiger partial charge in [0.05, 0.1) is 0 Å². The maximum atomic E-state index is 10.6. The van der Waals surface area contributed by atoms with Crippen LogP contribution in [0.15, 0.2) is 0 Å². The van der Waals surface area contributed by atoms with E-state index in [1.165, 1.54) is 0 Å². The summed E-state index contributed by atoms with van der Waals surface area (Å²) in [6, 6.07) is 0.972. The Kier molecular flexibility index (Phi) is 6.07. The van der Waals surface area contributed by atoms with Crippen LogP contribution in [0.4, 0.5) is 0 Å². The first-order chi connectivity index (χ1) is 7.54. The molecule has 0 saturated carbocycles. The molecule has 0 heterocycles. The topological polar surface area (TPSA) is 83.8 Å². The van der Waals surface area contributed by atoms with Gasteiger partial charge in [0, 0.05) is 12.8 Å². The lowest BCUT2D eigenvalue weighted by Crippen LogP contribution is -2.45. The average molecular weight is 278 g/mol. The number of carbonyl (C=O) groups is 2. The molecule has 0 unspecified atom stereocenters. The smallest absolute Gasteiger partial charge is 0.303 e. The Morgan fingerprint density at radius 3 is 1.53 bits per heavy atom. The minimum Gasteiger partial charge on any atom is -0.481 e. The Balaban J connectivity index is 4.55. The van der Waals surface area contributed by atoms with Crippen LogP contribution in [0.2, 0.25) is 38.3 Å². The van der Waals surface area contributed by atoms with Gasteiger partial charge in [0.25, 0.3) is 0 Å². The van der Waals surface area contributed by atoms with Crippen molar-refractivity contribution in [3.05, 3.63) is 0 Å². The Morgan fingerprint density at radius 2 is 1.29 bits per heavy atom. The molecule has 0 aliphatic rings. The second-order valence-electron chi connectivity index (χ2n) is 5.45. The largest absolute Gasteiger partial charge is 0.481 e. The maximum absolute atomic E-state index is 10.6. The first-order valence-electron chi connectivity index (χ1n) is 5.68. The van der Waals surface area contributed by atoms with Crippen molar-refractivity contribution >= 4 is 28.6 Å². The normalized spacial score (nSPS) is 12.5. The zero-order valence-corrected chi connectivity index (χ0v) is 12.9. The van der Waals surface area contributed by atoms with E-state index in [0.29, 0.717) is 12.1 Å². The summed E-state index contributed by atoms with van der Waals surface area (Å²) < 4.78 is 6.08. The molecule has 0 atom stereocenters. The Morgan fingerprint density at radius 1 is 0.941 bits per heavy atom. The van der Waals surface area contributed by atoms with Gasteiger partial charge in [-0.1, -0.05) is 0 Å². The Bertz CT molecular complexity index is 267. The van der Waals surface area contributed by atoms with E-state index < -0.39 is 28.6 Å². The van der Waals surface area contributed by atoms with Crippen molar-refractivity contribution in [1.82, 2.24) is 0 Å². The summed E-state index contributed by atoms with van der Waals surface area (Å²) in [4.78, 5) is 21.2. The lowest BCUT2D eigenvalue weighted by atomic mass is 10.5. The number of carboxylic acid groups (broad SMARTS) is 2. The molecule has 100 valence electrons. The second-order valence-corrected chi connectivity index (χ2v) is 14.4. The predicted octanol–water partition coefficient (Wildman–Crippen LogP) is 2.36. The quantitative estimate of drug-likeness (QED) is 0.666. The van der Waals surface area contributed by atoms with Crippen molar-refractivity contribution in [3.8, 4) is 0 Å². The summed E-state index contributed by atoms with van der Waals surface area (Å²) in [5, 5.41) is 17.4. The van der Waals surface area contributed by atoms with Crippen LogP contribution in [0.1, 0.15) is 12.8 Å². The van der Waals surface area contributed by atoms with Crippen LogP contribution in [-0.2, 0) is 13.7 Å². The van der Waals surface area contributed by atoms with Gasteiger partial charge in [-0.2, -0.15) is 0 Å². The Labute approximate surface area is 104 Å². The van der Waals surface area contributed by atoms with E-state index in [4.69, 9.17) is 14.3 Å². The molecule has 0 aromatic carbocycles. The van der Waals surface area contributed by atoms with Gasteiger partial charge in [-0.3, -0.25) is 9.59 Å². The molecule has 5 nitrogen and oxygen atoms in total. The number of hydrogen-bond acceptors (Lipinski definition) is 3. The van der Waals surface area contributed by atoms with Crippen LogP contribution in [0.3, 0.4) is 0 Å². The molecule has 0 saturated heterocycles. The third-order valence-corrected chi connectivity index (χ3v) is 9.32. The van der Waals surface area contributed by atoms with E-state index in [9.17, 15) is 9.59 Å². The summed E-state index contributed by atoms with van der Waals surface area (Å²) in [5.41, 5.74) is 0. The molecule has 0 bridgehead atoms. The fraction of sp³-hybridized carbons (Fsp3) is 0.800. The van der Waals surface area contributed by atoms with Gasteiger partial charge in [-0.05, 0) is 38.3 Å². The van der Waals surface area contributed by atoms with Crippen LogP contribution in [0, 0.1) is 0 Å². The van der Waals surface area contributed by atoms with E-state index in [2.05, 4.69) is 0 Å². The van der Waals surface area contributed by atoms with E-state index >= 15 is 0 Å². The van der Waals surface area contributed by atoms with Crippen molar-refractivity contribution in [1.29, 1.82) is 0 Å². The van der Waals surface area contributed by atoms with Gasteiger partial charge in [-0.25, -0.2) is 0 Å². The highest BCUT2D eigenvalue weighted by atomic mass is 28.4. The van der Waals surface area contributed by atoms with Gasteiger partial charge < -0.3 is 14.3 Å². The standard InChI is InChI=1S/C10H22O5Si2/c1-16(2,3)15-17(4,7-5-9(11)12)8-6-10(13)14/h5-8H2,1-4H3,(H,11,12)(H,13,14). The van der Waals surface area contributed by atoms with Crippen LogP contribution in [-0.4, -0.2) is 38.8 Å². The Hall–Kier alpha value is -0.666. The number of carboxylic acids is 2. The fourth-order valence-corrected chi connectivity index (χ4v) is 10.2. The summed E-state index contributed by atoms with van der Waals surface area (Å²) in [6.07, 6.45) is 0.125. The minimum absolute atomic E-state index is 0.0623. The number of aliphatic carboxylic acids is 2. The zero-order chi connectivity index (χ0) is 13.7. The SMILES string of the molecule is C[Si](C)(C)O[Si](C)(CCC(=O)O)CCC(=O)O. The summed E-state index contributed by atoms with van der Waals surface area (Å²) in [7, 11) is -3.97. The minimum atomic E-state index is -2.21. The first kappa shape index (κ1) is 16.3. The number of hydrogen-bond donors (Lipinski definition) is 2. The lowest BCUT2D eigenvalue weighted by molar-refractivity contribution is -0.137. The molecular weight excluding hydrogens is 256 g/mol. The lowest BCUT2D eigenvalue weighted by Gasteiger charge is -2.34. The molecule has 0 fully saturated rings. The first-order valence-corrected chi connectivity index (χ1v) is 11.9. The van der Waals surface area contributed by atoms with Gasteiger partial charge >= 0.3 is 11.9 Å². The van der Waals surface area contributed by atoms with Gasteiger partial charge in [0.15, 0.2) is 16.6 Å². The van der Waals surface area contributed by atoms with Crippen LogP contribution in [0.5, 0.6) is 0 Å². The monoisotopic (exact) mass is 278 g/mol. The van der Waals surface area contributed by atoms with Gasteiger partial charge in [-0.15, -0.1) is 0 Å². The van der Waals surface area contributed by atoms with E-state index in [1.54, 1.807) is 0 Å². The van der Waals surface area contributed by atoms with E-state index in [0.717, 1.165) is 0 Å². The molecule has 0 rings (SSSR count). The second kappa shape index (κ2) is 6.32. The predicted molar refractivity (Wildman–Crippen MR) is 70.2 cm³/mol. The molecule has 0 aliphatic heterocycles. The molecule has 0 radical (unpaired) electrons. The highest BCUT2D eigenvalue weighted by Gasteiger charge is 2.34. The molecular formula is C10H22O5Si2. The molecule has 17 heavy (non-hydrogen) atoms. The highest BCUT2D eigenvalue weighted by molar-refractivity contribution is 6.85. The summed E-state index contributed by atoms with van der Waals surface area (Å²) in [5.74, 6) is -1.70. The zero-order valence-electron chi connectivity index (χ0n) is 10.9. The molecule has 0 aromatic heterocycles. The third kappa shape index (κ3) is 9.07. The third-order valence-electron chi connectivity index (χ3n) is 2.29. The van der Waals surface area contributed by atoms with Gasteiger partial charge in [0.1, 0.15) is 0 Å². The van der Waals surface area contributed by atoms with Crippen LogP contribution < -0.4 is 0 Å². The van der Waals surface area contributed by atoms with Crippen LogP contribution >= 0.6 is 0 Å². The number of rotatable bonds is 8. The van der Waals surface area contributed by atoms with Crippen molar-refractivity contribution in [2.75, 3.05) is 0 Å². The van der Waals surface area contributed by atoms with Crippen molar-refractivity contribution in [2.24, 2.45) is 0 Å². The van der Waals surface area contributed by atoms with Crippen molar-refractivity contribution < 1.29 is 23.9 Å². The maximum Gasteiger partial charge on any atom is 0.303 e. The average Bonchev–Trinajstić information content (AvgIpc) is 2.09. The van der Waals surface area contributed by atoms with Gasteiger partial charge in [0.2, 0.25) is 0 Å². The molecule has 2 N–H and O–H groups in total.